The Labute approximate surface area is 132 Å². The van der Waals surface area contributed by atoms with Crippen LogP contribution in [-0.4, -0.2) is 47.0 Å². The van der Waals surface area contributed by atoms with Crippen molar-refractivity contribution in [2.75, 3.05) is 20.1 Å². The number of aromatic nitrogens is 2. The summed E-state index contributed by atoms with van der Waals surface area (Å²) >= 11 is 0. The minimum atomic E-state index is -0.309. The lowest BCUT2D eigenvalue weighted by molar-refractivity contribution is -0.121. The summed E-state index contributed by atoms with van der Waals surface area (Å²) in [5.41, 5.74) is -0.0585. The highest BCUT2D eigenvalue weighted by atomic mass is 16.2. The largest absolute Gasteiger partial charge is 0.359 e. The molecular weight excluding hydrogens is 296 g/mol. The van der Waals surface area contributed by atoms with Crippen molar-refractivity contribution < 1.29 is 9.59 Å². The maximum absolute atomic E-state index is 12.7. The van der Waals surface area contributed by atoms with Crippen molar-refractivity contribution in [2.45, 2.75) is 12.8 Å². The topological polar surface area (TPSA) is 95.2 Å². The van der Waals surface area contributed by atoms with Gasteiger partial charge in [-0.3, -0.25) is 14.4 Å². The second-order valence-corrected chi connectivity index (χ2v) is 5.73. The van der Waals surface area contributed by atoms with Crippen molar-refractivity contribution in [3.8, 4) is 0 Å². The van der Waals surface area contributed by atoms with Crippen LogP contribution >= 0.6 is 0 Å². The molecule has 2 aromatic rings. The van der Waals surface area contributed by atoms with Crippen LogP contribution < -0.4 is 10.9 Å². The smallest absolute Gasteiger partial charge is 0.274 e. The van der Waals surface area contributed by atoms with Crippen LogP contribution in [0.4, 0.5) is 0 Å². The van der Waals surface area contributed by atoms with E-state index in [4.69, 9.17) is 0 Å². The summed E-state index contributed by atoms with van der Waals surface area (Å²) in [4.78, 5) is 37.7. The summed E-state index contributed by atoms with van der Waals surface area (Å²) in [5, 5.41) is 9.93. The van der Waals surface area contributed by atoms with E-state index in [0.717, 1.165) is 6.42 Å². The number of fused-ring (bicyclic) bond motifs is 1. The zero-order valence-electron chi connectivity index (χ0n) is 12.8. The fourth-order valence-corrected chi connectivity index (χ4v) is 2.98. The van der Waals surface area contributed by atoms with E-state index in [9.17, 15) is 14.4 Å². The average molecular weight is 314 g/mol. The zero-order valence-corrected chi connectivity index (χ0v) is 12.8. The maximum Gasteiger partial charge on any atom is 0.274 e. The molecule has 7 heteroatoms. The highest BCUT2D eigenvalue weighted by Gasteiger charge is 2.29. The molecule has 1 unspecified atom stereocenters. The van der Waals surface area contributed by atoms with Gasteiger partial charge >= 0.3 is 0 Å². The Kier molecular flexibility index (Phi) is 4.10. The van der Waals surface area contributed by atoms with E-state index in [1.165, 1.54) is 0 Å². The number of hydrogen-bond acceptors (Lipinski definition) is 4. The Morgan fingerprint density at radius 3 is 2.83 bits per heavy atom. The van der Waals surface area contributed by atoms with Crippen LogP contribution in [0.3, 0.4) is 0 Å². The van der Waals surface area contributed by atoms with Gasteiger partial charge in [0.2, 0.25) is 5.91 Å². The van der Waals surface area contributed by atoms with Gasteiger partial charge in [-0.1, -0.05) is 18.2 Å². The number of carbonyl (C=O) groups is 2. The van der Waals surface area contributed by atoms with Crippen LogP contribution in [0.15, 0.2) is 29.1 Å². The van der Waals surface area contributed by atoms with Crippen molar-refractivity contribution in [1.29, 1.82) is 0 Å². The average Bonchev–Trinajstić information content (AvgIpc) is 3.03. The van der Waals surface area contributed by atoms with Gasteiger partial charge in [0.1, 0.15) is 0 Å². The van der Waals surface area contributed by atoms with Crippen LogP contribution in [0.2, 0.25) is 0 Å². The van der Waals surface area contributed by atoms with E-state index < -0.39 is 0 Å². The van der Waals surface area contributed by atoms with Gasteiger partial charge in [0.05, 0.1) is 5.39 Å². The fourth-order valence-electron chi connectivity index (χ4n) is 2.98. The number of carbonyl (C=O) groups excluding carboxylic acids is 2. The third-order valence-electron chi connectivity index (χ3n) is 4.22. The van der Waals surface area contributed by atoms with Crippen molar-refractivity contribution in [3.63, 3.8) is 0 Å². The summed E-state index contributed by atoms with van der Waals surface area (Å²) < 4.78 is 0. The molecule has 120 valence electrons. The first kappa shape index (κ1) is 15.2. The maximum atomic E-state index is 12.7. The summed E-state index contributed by atoms with van der Waals surface area (Å²) in [7, 11) is 1.61. The number of aromatic amines is 1. The monoisotopic (exact) mass is 314 g/mol. The Morgan fingerprint density at radius 1 is 1.35 bits per heavy atom. The lowest BCUT2D eigenvalue weighted by atomic mass is 10.0. The lowest BCUT2D eigenvalue weighted by Gasteiger charge is -2.16. The molecule has 7 nitrogen and oxygen atoms in total. The molecule has 1 aliphatic heterocycles. The van der Waals surface area contributed by atoms with Crippen LogP contribution in [0.1, 0.15) is 23.3 Å². The van der Waals surface area contributed by atoms with Gasteiger partial charge < -0.3 is 10.2 Å². The highest BCUT2D eigenvalue weighted by Crippen LogP contribution is 2.22. The number of amides is 2. The van der Waals surface area contributed by atoms with Gasteiger partial charge in [-0.15, -0.1) is 0 Å². The summed E-state index contributed by atoms with van der Waals surface area (Å²) in [5.74, 6) is -0.0679. The molecule has 2 heterocycles. The fraction of sp³-hybridized carbons (Fsp3) is 0.375. The van der Waals surface area contributed by atoms with Gasteiger partial charge in [0, 0.05) is 31.9 Å². The molecule has 0 bridgehead atoms. The van der Waals surface area contributed by atoms with Crippen molar-refractivity contribution >= 4 is 22.6 Å². The molecule has 2 N–H and O–H groups in total. The predicted octanol–water partition coefficient (Wildman–Crippen LogP) is 0.521. The molecule has 1 aromatic heterocycles. The van der Waals surface area contributed by atoms with Crippen LogP contribution in [-0.2, 0) is 4.79 Å². The molecule has 0 aliphatic carbocycles. The van der Waals surface area contributed by atoms with Crippen molar-refractivity contribution in [2.24, 2.45) is 5.92 Å². The Balaban J connectivity index is 1.84. The van der Waals surface area contributed by atoms with Gasteiger partial charge in [-0.25, -0.2) is 5.10 Å². The molecule has 23 heavy (non-hydrogen) atoms. The first-order valence-electron chi connectivity index (χ1n) is 7.57. The van der Waals surface area contributed by atoms with E-state index in [-0.39, 0.29) is 29.0 Å². The Bertz CT molecular complexity index is 814. The minimum Gasteiger partial charge on any atom is -0.359 e. The number of benzene rings is 1. The van der Waals surface area contributed by atoms with E-state index in [1.807, 2.05) is 0 Å². The van der Waals surface area contributed by atoms with E-state index in [1.54, 1.807) is 36.2 Å². The summed E-state index contributed by atoms with van der Waals surface area (Å²) in [6, 6.07) is 6.92. The molecule has 1 saturated heterocycles. The molecule has 1 aliphatic rings. The quantitative estimate of drug-likeness (QED) is 0.863. The second-order valence-electron chi connectivity index (χ2n) is 5.73. The number of hydrogen-bond donors (Lipinski definition) is 2. The first-order valence-corrected chi connectivity index (χ1v) is 7.57. The zero-order chi connectivity index (χ0) is 16.4. The van der Waals surface area contributed by atoms with Gasteiger partial charge in [-0.2, -0.15) is 5.10 Å². The Hall–Kier alpha value is -2.70. The van der Waals surface area contributed by atoms with Gasteiger partial charge in [0.15, 0.2) is 5.69 Å². The molecule has 0 saturated carbocycles. The van der Waals surface area contributed by atoms with Gasteiger partial charge in [0.25, 0.3) is 11.5 Å². The van der Waals surface area contributed by atoms with Gasteiger partial charge in [-0.05, 0) is 18.4 Å². The molecule has 0 radical (unpaired) electrons. The van der Waals surface area contributed by atoms with E-state index >= 15 is 0 Å². The third-order valence-corrected chi connectivity index (χ3v) is 4.22. The van der Waals surface area contributed by atoms with Crippen molar-refractivity contribution in [3.05, 3.63) is 40.3 Å². The van der Waals surface area contributed by atoms with E-state index in [2.05, 4.69) is 15.5 Å². The number of rotatable bonds is 3. The number of nitrogens with zero attached hydrogens (tertiary/aromatic N) is 2. The summed E-state index contributed by atoms with van der Waals surface area (Å²) in [6.45, 7) is 1.12. The molecule has 1 aromatic carbocycles. The molecule has 1 atom stereocenters. The van der Waals surface area contributed by atoms with E-state index in [0.29, 0.717) is 30.3 Å². The molecule has 2 amide bonds. The highest BCUT2D eigenvalue weighted by molar-refractivity contribution is 6.04. The lowest BCUT2D eigenvalue weighted by Crippen LogP contribution is -2.31. The number of nitrogens with one attached hydrogen (secondary N) is 2. The third kappa shape index (κ3) is 2.94. The normalized spacial score (nSPS) is 17.4. The summed E-state index contributed by atoms with van der Waals surface area (Å²) in [6.07, 6.45) is 1.21. The molecule has 1 fully saturated rings. The number of likely N-dealkylation sites (tertiary alicyclic amines) is 1. The van der Waals surface area contributed by atoms with Crippen LogP contribution in [0.5, 0.6) is 0 Å². The molecular formula is C16H18N4O3. The van der Waals surface area contributed by atoms with Crippen molar-refractivity contribution in [1.82, 2.24) is 20.4 Å². The van der Waals surface area contributed by atoms with Crippen LogP contribution in [0, 0.1) is 5.92 Å². The standard InChI is InChI=1S/C16H18N4O3/c1-17-13(21)8-10-6-7-20(9-10)16(23)14-11-4-2-3-5-12(11)15(22)19-18-14/h2-5,10H,6-9H2,1H3,(H,17,21)(H,19,22). The molecule has 0 spiro atoms. The predicted molar refractivity (Wildman–Crippen MR) is 85.1 cm³/mol. The first-order chi connectivity index (χ1) is 11.1. The second kappa shape index (κ2) is 6.20. The number of H-pyrrole nitrogens is 1. The molecule has 3 rings (SSSR count). The minimum absolute atomic E-state index is 0.0167. The Morgan fingerprint density at radius 2 is 2.09 bits per heavy atom. The SMILES string of the molecule is CNC(=O)CC1CCN(C(=O)c2n[nH]c(=O)c3ccccc23)C1. The van der Waals surface area contributed by atoms with Crippen LogP contribution in [0.25, 0.3) is 10.8 Å².